The van der Waals surface area contributed by atoms with Crippen molar-refractivity contribution in [3.05, 3.63) is 28.0 Å². The molecule has 0 aromatic carbocycles. The third kappa shape index (κ3) is 3.91. The summed E-state index contributed by atoms with van der Waals surface area (Å²) in [5.74, 6) is -0.345. The van der Waals surface area contributed by atoms with E-state index in [1.54, 1.807) is 6.92 Å². The molecule has 0 aliphatic carbocycles. The maximum Gasteiger partial charge on any atom is 1.00 e. The van der Waals surface area contributed by atoms with Gasteiger partial charge in [0.15, 0.2) is 6.29 Å². The van der Waals surface area contributed by atoms with E-state index < -0.39 is 12.5 Å². The Morgan fingerprint density at radius 3 is 2.31 bits per heavy atom. The zero-order valence-electron chi connectivity index (χ0n) is 10.8. The summed E-state index contributed by atoms with van der Waals surface area (Å²) in [6.45, 7) is 7.34. The van der Waals surface area contributed by atoms with E-state index in [1.165, 1.54) is 7.11 Å². The first-order chi connectivity index (χ1) is 6.97. The monoisotopic (exact) mass is 253 g/mol. The standard InChI is InChI=1S/C11H17FNO2.K/c1-6(2)8(4)13-10-9(12)7(3)11(14-5)15-10;/h10-11H,1-5H3;/q-1;+1. The molecule has 1 aliphatic heterocycles. The second kappa shape index (κ2) is 7.26. The predicted octanol–water partition coefficient (Wildman–Crippen LogP) is 0.250. The molecule has 16 heavy (non-hydrogen) atoms. The predicted molar refractivity (Wildman–Crippen MR) is 56.9 cm³/mol. The molecule has 0 bridgehead atoms. The van der Waals surface area contributed by atoms with Crippen molar-refractivity contribution in [2.24, 2.45) is 0 Å². The minimum absolute atomic E-state index is 0. The molecule has 0 aromatic rings. The van der Waals surface area contributed by atoms with Crippen LogP contribution in [0.5, 0.6) is 0 Å². The van der Waals surface area contributed by atoms with Crippen molar-refractivity contribution in [3.63, 3.8) is 0 Å². The van der Waals surface area contributed by atoms with Gasteiger partial charge in [-0.05, 0) is 20.8 Å². The molecule has 86 valence electrons. The molecule has 2 unspecified atom stereocenters. The molecule has 0 amide bonds. The minimum Gasteiger partial charge on any atom is -0.658 e. The van der Waals surface area contributed by atoms with Crippen molar-refractivity contribution in [1.29, 1.82) is 0 Å². The number of hydrogen-bond donors (Lipinski definition) is 0. The molecular weight excluding hydrogens is 236 g/mol. The minimum atomic E-state index is -0.843. The summed E-state index contributed by atoms with van der Waals surface area (Å²) in [5, 5.41) is 4.15. The molecule has 1 heterocycles. The fourth-order valence-electron chi connectivity index (χ4n) is 1.21. The van der Waals surface area contributed by atoms with Gasteiger partial charge in [-0.2, -0.15) is 5.70 Å². The maximum absolute atomic E-state index is 13.6. The van der Waals surface area contributed by atoms with E-state index in [2.05, 4.69) is 5.32 Å². The topological polar surface area (TPSA) is 32.6 Å². The van der Waals surface area contributed by atoms with Crippen LogP contribution in [0.15, 0.2) is 22.7 Å². The van der Waals surface area contributed by atoms with Gasteiger partial charge in [-0.3, -0.25) is 0 Å². The number of hydrogen-bond acceptors (Lipinski definition) is 2. The summed E-state index contributed by atoms with van der Waals surface area (Å²) in [5.41, 5.74) is 2.30. The number of methoxy groups -OCH3 is 1. The average Bonchev–Trinajstić information content (AvgIpc) is 2.45. The summed E-state index contributed by atoms with van der Waals surface area (Å²) in [6.07, 6.45) is -1.45. The van der Waals surface area contributed by atoms with E-state index in [4.69, 9.17) is 9.47 Å². The zero-order valence-corrected chi connectivity index (χ0v) is 13.9. The van der Waals surface area contributed by atoms with Crippen molar-refractivity contribution in [3.8, 4) is 0 Å². The van der Waals surface area contributed by atoms with Crippen LogP contribution in [0.25, 0.3) is 5.32 Å². The molecule has 0 saturated heterocycles. The average molecular weight is 253 g/mol. The van der Waals surface area contributed by atoms with Crippen molar-refractivity contribution in [1.82, 2.24) is 0 Å². The van der Waals surface area contributed by atoms with Crippen molar-refractivity contribution in [2.45, 2.75) is 40.2 Å². The second-order valence-electron chi connectivity index (χ2n) is 3.80. The Morgan fingerprint density at radius 1 is 1.38 bits per heavy atom. The molecular formula is C11H17FKNO2. The number of nitrogens with zero attached hydrogens (tertiary/aromatic N) is 1. The number of allylic oxidation sites excluding steroid dienone is 2. The Balaban J connectivity index is 0.00000225. The smallest absolute Gasteiger partial charge is 0.658 e. The quantitative estimate of drug-likeness (QED) is 0.676. The number of halogens is 1. The molecule has 0 fully saturated rings. The molecule has 0 radical (unpaired) electrons. The van der Waals surface area contributed by atoms with Gasteiger partial charge in [-0.1, -0.05) is 12.5 Å². The van der Waals surface area contributed by atoms with Gasteiger partial charge in [0.25, 0.3) is 0 Å². The molecule has 0 aromatic heterocycles. The molecule has 5 heteroatoms. The maximum atomic E-state index is 13.6. The Bertz CT molecular complexity index is 311. The van der Waals surface area contributed by atoms with Gasteiger partial charge in [-0.15, -0.1) is 0 Å². The van der Waals surface area contributed by atoms with Crippen LogP contribution >= 0.6 is 0 Å². The van der Waals surface area contributed by atoms with Crippen LogP contribution in [0.4, 0.5) is 4.39 Å². The van der Waals surface area contributed by atoms with E-state index in [0.29, 0.717) is 5.57 Å². The zero-order chi connectivity index (χ0) is 11.6. The molecule has 2 atom stereocenters. The van der Waals surface area contributed by atoms with Crippen LogP contribution in [0.1, 0.15) is 27.7 Å². The molecule has 0 spiro atoms. The molecule has 0 saturated carbocycles. The fourth-order valence-corrected chi connectivity index (χ4v) is 1.21. The van der Waals surface area contributed by atoms with Gasteiger partial charge in [-0.25, -0.2) is 4.39 Å². The summed E-state index contributed by atoms with van der Waals surface area (Å²) < 4.78 is 23.9. The molecule has 3 nitrogen and oxygen atoms in total. The van der Waals surface area contributed by atoms with E-state index in [9.17, 15) is 4.39 Å². The van der Waals surface area contributed by atoms with Gasteiger partial charge in [0, 0.05) is 18.9 Å². The number of rotatable bonds is 3. The summed E-state index contributed by atoms with van der Waals surface area (Å²) >= 11 is 0. The largest absolute Gasteiger partial charge is 1.00 e. The van der Waals surface area contributed by atoms with Gasteiger partial charge < -0.3 is 14.8 Å². The van der Waals surface area contributed by atoms with E-state index >= 15 is 0 Å². The Morgan fingerprint density at radius 2 is 1.94 bits per heavy atom. The van der Waals surface area contributed by atoms with Crippen LogP contribution in [0, 0.1) is 0 Å². The second-order valence-corrected chi connectivity index (χ2v) is 3.80. The third-order valence-corrected chi connectivity index (χ3v) is 2.45. The first-order valence-corrected chi connectivity index (χ1v) is 4.86. The molecule has 1 aliphatic rings. The van der Waals surface area contributed by atoms with E-state index in [1.807, 2.05) is 20.8 Å². The van der Waals surface area contributed by atoms with Gasteiger partial charge in [0.05, 0.1) is 0 Å². The Labute approximate surface area is 139 Å². The van der Waals surface area contributed by atoms with Gasteiger partial charge in [0.1, 0.15) is 5.83 Å². The Hall–Kier alpha value is 0.766. The molecule has 1 rings (SSSR count). The molecule has 0 N–H and O–H groups in total. The first kappa shape index (κ1) is 16.8. The SMILES string of the molecule is COC1OC([N-]C(C)=C(C)C)C(F)=C1C.[K+]. The van der Waals surface area contributed by atoms with Crippen LogP contribution in [-0.2, 0) is 9.47 Å². The van der Waals surface area contributed by atoms with Gasteiger partial charge in [0.2, 0.25) is 0 Å². The van der Waals surface area contributed by atoms with Crippen LogP contribution in [-0.4, -0.2) is 19.6 Å². The van der Waals surface area contributed by atoms with E-state index in [0.717, 1.165) is 11.3 Å². The van der Waals surface area contributed by atoms with Crippen LogP contribution in [0.2, 0.25) is 0 Å². The van der Waals surface area contributed by atoms with Crippen molar-refractivity contribution in [2.75, 3.05) is 7.11 Å². The first-order valence-electron chi connectivity index (χ1n) is 4.86. The normalized spacial score (nSPS) is 24.1. The summed E-state index contributed by atoms with van der Waals surface area (Å²) in [6, 6.07) is 0. The van der Waals surface area contributed by atoms with Crippen molar-refractivity contribution >= 4 is 0 Å². The van der Waals surface area contributed by atoms with Crippen molar-refractivity contribution < 1.29 is 65.2 Å². The third-order valence-electron chi connectivity index (χ3n) is 2.45. The summed E-state index contributed by atoms with van der Waals surface area (Å²) in [4.78, 5) is 0. The van der Waals surface area contributed by atoms with Gasteiger partial charge >= 0.3 is 51.4 Å². The fraction of sp³-hybridized carbons (Fsp3) is 0.636. The number of ether oxygens (including phenoxy) is 2. The van der Waals surface area contributed by atoms with E-state index in [-0.39, 0.29) is 57.2 Å². The Kier molecular flexibility index (Phi) is 7.60. The van der Waals surface area contributed by atoms with Crippen LogP contribution in [0.3, 0.4) is 0 Å². The van der Waals surface area contributed by atoms with Crippen LogP contribution < -0.4 is 51.4 Å². The summed E-state index contributed by atoms with van der Waals surface area (Å²) in [7, 11) is 1.48.